The number of alkyl halides is 3. The lowest BCUT2D eigenvalue weighted by Crippen LogP contribution is -2.35. The lowest BCUT2D eigenvalue weighted by atomic mass is 10.1. The Kier molecular flexibility index (Phi) is 5.57. The third kappa shape index (κ3) is 4.37. The Morgan fingerprint density at radius 2 is 1.86 bits per heavy atom. The van der Waals surface area contributed by atoms with Crippen molar-refractivity contribution < 1.29 is 27.2 Å². The second kappa shape index (κ2) is 7.79. The monoisotopic (exact) mass is 424 g/mol. The van der Waals surface area contributed by atoms with Crippen LogP contribution < -0.4 is 5.32 Å². The van der Waals surface area contributed by atoms with Crippen molar-refractivity contribution in [2.45, 2.75) is 13.1 Å². The molecule has 0 spiro atoms. The number of carbonyl (C=O) groups excluding carboxylic acids is 2. The molecule has 1 heterocycles. The van der Waals surface area contributed by atoms with Crippen molar-refractivity contribution in [3.63, 3.8) is 0 Å². The Labute approximate surface area is 169 Å². The van der Waals surface area contributed by atoms with Crippen molar-refractivity contribution in [3.8, 4) is 0 Å². The van der Waals surface area contributed by atoms with Crippen LogP contribution in [0.5, 0.6) is 0 Å². The topological polar surface area (TPSA) is 62.6 Å². The number of halogens is 4. The predicted molar refractivity (Wildman–Crippen MR) is 103 cm³/mol. The molecule has 0 fully saturated rings. The number of amides is 2. The van der Waals surface area contributed by atoms with Gasteiger partial charge in [0.15, 0.2) is 5.76 Å². The number of furan rings is 1. The zero-order valence-electron chi connectivity index (χ0n) is 15.4. The molecule has 2 amide bonds. The lowest BCUT2D eigenvalue weighted by molar-refractivity contribution is -0.137. The van der Waals surface area contributed by atoms with Crippen molar-refractivity contribution in [2.75, 3.05) is 18.9 Å². The second-order valence-corrected chi connectivity index (χ2v) is 6.86. The number of para-hydroxylation sites is 1. The van der Waals surface area contributed by atoms with Crippen LogP contribution in [0.4, 0.5) is 18.9 Å². The van der Waals surface area contributed by atoms with Crippen molar-refractivity contribution in [1.29, 1.82) is 0 Å². The van der Waals surface area contributed by atoms with Gasteiger partial charge in [0, 0.05) is 23.7 Å². The van der Waals surface area contributed by atoms with Gasteiger partial charge in [-0.25, -0.2) is 0 Å². The molecule has 9 heteroatoms. The van der Waals surface area contributed by atoms with Gasteiger partial charge < -0.3 is 14.6 Å². The van der Waals surface area contributed by atoms with Crippen molar-refractivity contribution in [1.82, 2.24) is 4.90 Å². The third-order valence-corrected chi connectivity index (χ3v) is 4.65. The molecular formula is C20H16ClF3N2O3. The maximum absolute atomic E-state index is 12.9. The first-order valence-corrected chi connectivity index (χ1v) is 8.86. The molecular weight excluding hydrogens is 409 g/mol. The molecule has 0 bridgehead atoms. The van der Waals surface area contributed by atoms with Crippen LogP contribution in [0, 0.1) is 6.92 Å². The number of carbonyl (C=O) groups is 2. The number of aryl methyl sites for hydroxylation is 1. The van der Waals surface area contributed by atoms with Gasteiger partial charge in [-0.05, 0) is 31.2 Å². The fourth-order valence-electron chi connectivity index (χ4n) is 2.86. The van der Waals surface area contributed by atoms with Crippen LogP contribution in [-0.4, -0.2) is 30.3 Å². The van der Waals surface area contributed by atoms with Crippen LogP contribution in [-0.2, 0) is 11.0 Å². The molecule has 0 atom stereocenters. The second-order valence-electron chi connectivity index (χ2n) is 6.45. The molecule has 3 aromatic rings. The van der Waals surface area contributed by atoms with Gasteiger partial charge in [-0.15, -0.1) is 0 Å². The summed E-state index contributed by atoms with van der Waals surface area (Å²) in [6.45, 7) is 1.36. The van der Waals surface area contributed by atoms with E-state index in [0.29, 0.717) is 11.1 Å². The van der Waals surface area contributed by atoms with E-state index in [1.54, 1.807) is 19.1 Å². The molecule has 0 saturated carbocycles. The zero-order chi connectivity index (χ0) is 21.3. The highest BCUT2D eigenvalue weighted by atomic mass is 35.5. The van der Waals surface area contributed by atoms with E-state index in [9.17, 15) is 22.8 Å². The first-order chi connectivity index (χ1) is 13.6. The van der Waals surface area contributed by atoms with Gasteiger partial charge in [0.1, 0.15) is 5.58 Å². The van der Waals surface area contributed by atoms with E-state index in [-0.39, 0.29) is 18.0 Å². The number of nitrogens with one attached hydrogen (secondary N) is 1. The van der Waals surface area contributed by atoms with E-state index in [0.717, 1.165) is 22.4 Å². The Hall–Kier alpha value is -3.00. The fourth-order valence-corrected chi connectivity index (χ4v) is 3.08. The molecule has 5 nitrogen and oxygen atoms in total. The maximum atomic E-state index is 12.9. The molecule has 0 radical (unpaired) electrons. The Balaban J connectivity index is 1.72. The third-order valence-electron chi connectivity index (χ3n) is 4.32. The number of likely N-dealkylation sites (N-methyl/N-ethyl adjacent to an activating group) is 1. The minimum absolute atomic E-state index is 0.0764. The number of nitrogens with zero attached hydrogens (tertiary/aromatic N) is 1. The van der Waals surface area contributed by atoms with Crippen LogP contribution in [0.15, 0.2) is 46.9 Å². The van der Waals surface area contributed by atoms with Gasteiger partial charge in [-0.3, -0.25) is 9.59 Å². The highest BCUT2D eigenvalue weighted by molar-refractivity contribution is 6.31. The maximum Gasteiger partial charge on any atom is 0.417 e. The Bertz CT molecular complexity index is 1090. The molecule has 0 aliphatic heterocycles. The normalized spacial score (nSPS) is 11.5. The summed E-state index contributed by atoms with van der Waals surface area (Å²) in [4.78, 5) is 26.0. The van der Waals surface area contributed by atoms with E-state index in [1.165, 1.54) is 13.1 Å². The predicted octanol–water partition coefficient (Wildman–Crippen LogP) is 5.12. The van der Waals surface area contributed by atoms with Crippen molar-refractivity contribution in [2.24, 2.45) is 0 Å². The minimum Gasteiger partial charge on any atom is -0.451 e. The van der Waals surface area contributed by atoms with Gasteiger partial charge in [0.05, 0.1) is 17.1 Å². The summed E-state index contributed by atoms with van der Waals surface area (Å²) in [6.07, 6.45) is -4.65. The van der Waals surface area contributed by atoms with Gasteiger partial charge >= 0.3 is 6.18 Å². The molecule has 152 valence electrons. The molecule has 1 aromatic heterocycles. The molecule has 1 N–H and O–H groups in total. The average Bonchev–Trinajstić information content (AvgIpc) is 2.98. The van der Waals surface area contributed by atoms with Crippen LogP contribution in [0.3, 0.4) is 0 Å². The highest BCUT2D eigenvalue weighted by Crippen LogP contribution is 2.36. The van der Waals surface area contributed by atoms with Gasteiger partial charge in [0.2, 0.25) is 5.91 Å². The van der Waals surface area contributed by atoms with Crippen LogP contribution in [0.1, 0.15) is 21.7 Å². The number of hydrogen-bond acceptors (Lipinski definition) is 3. The summed E-state index contributed by atoms with van der Waals surface area (Å²) in [7, 11) is 1.40. The lowest BCUT2D eigenvalue weighted by Gasteiger charge is -2.16. The zero-order valence-corrected chi connectivity index (χ0v) is 16.2. The Morgan fingerprint density at radius 1 is 1.17 bits per heavy atom. The van der Waals surface area contributed by atoms with E-state index >= 15 is 0 Å². The molecule has 2 aromatic carbocycles. The number of rotatable bonds is 4. The largest absolute Gasteiger partial charge is 0.451 e. The number of fused-ring (bicyclic) bond motifs is 1. The molecule has 0 unspecified atom stereocenters. The van der Waals surface area contributed by atoms with Gasteiger partial charge in [0.25, 0.3) is 5.91 Å². The van der Waals surface area contributed by atoms with E-state index in [2.05, 4.69) is 5.32 Å². The highest BCUT2D eigenvalue weighted by Gasteiger charge is 2.33. The fraction of sp³-hybridized carbons (Fsp3) is 0.200. The van der Waals surface area contributed by atoms with E-state index in [4.69, 9.17) is 16.0 Å². The SMILES string of the molecule is Cc1c(C(=O)N(C)CC(=O)Nc2ccc(Cl)c(C(F)(F)F)c2)oc2ccccc12. The molecule has 0 aliphatic rings. The minimum atomic E-state index is -4.65. The summed E-state index contributed by atoms with van der Waals surface area (Å²) >= 11 is 5.56. The van der Waals surface area contributed by atoms with Crippen LogP contribution >= 0.6 is 11.6 Å². The Morgan fingerprint density at radius 3 is 2.52 bits per heavy atom. The van der Waals surface area contributed by atoms with Crippen molar-refractivity contribution in [3.05, 3.63) is 64.4 Å². The summed E-state index contributed by atoms with van der Waals surface area (Å²) < 4.78 is 44.4. The summed E-state index contributed by atoms with van der Waals surface area (Å²) in [5, 5.41) is 2.66. The molecule has 29 heavy (non-hydrogen) atoms. The molecule has 3 rings (SSSR count). The van der Waals surface area contributed by atoms with Crippen LogP contribution in [0.2, 0.25) is 5.02 Å². The van der Waals surface area contributed by atoms with Gasteiger partial charge in [-0.1, -0.05) is 29.8 Å². The van der Waals surface area contributed by atoms with Crippen molar-refractivity contribution >= 4 is 40.1 Å². The number of benzene rings is 2. The number of anilines is 1. The number of hydrogen-bond donors (Lipinski definition) is 1. The quantitative estimate of drug-likeness (QED) is 0.632. The summed E-state index contributed by atoms with van der Waals surface area (Å²) in [6, 6.07) is 10.2. The molecule has 0 saturated heterocycles. The van der Waals surface area contributed by atoms with Gasteiger partial charge in [-0.2, -0.15) is 13.2 Å². The summed E-state index contributed by atoms with van der Waals surface area (Å²) in [5.74, 6) is -1.07. The van der Waals surface area contributed by atoms with E-state index < -0.39 is 28.6 Å². The van der Waals surface area contributed by atoms with Crippen LogP contribution in [0.25, 0.3) is 11.0 Å². The standard InChI is InChI=1S/C20H16ClF3N2O3/c1-11-13-5-3-4-6-16(13)29-18(11)19(28)26(2)10-17(27)25-12-7-8-15(21)14(9-12)20(22,23)24/h3-9H,10H2,1-2H3,(H,25,27). The molecule has 0 aliphatic carbocycles. The average molecular weight is 425 g/mol. The first-order valence-electron chi connectivity index (χ1n) is 8.48. The summed E-state index contributed by atoms with van der Waals surface area (Å²) in [5.41, 5.74) is 0.0595. The smallest absolute Gasteiger partial charge is 0.417 e. The first kappa shape index (κ1) is 20.7. The van der Waals surface area contributed by atoms with E-state index in [1.807, 2.05) is 12.1 Å².